The van der Waals surface area contributed by atoms with E-state index in [0.717, 1.165) is 29.9 Å². The van der Waals surface area contributed by atoms with E-state index in [4.69, 9.17) is 14.0 Å². The molecule has 6 heteroatoms. The van der Waals surface area contributed by atoms with Gasteiger partial charge in [-0.3, -0.25) is 4.79 Å². The topological polar surface area (TPSA) is 73.6 Å². The summed E-state index contributed by atoms with van der Waals surface area (Å²) >= 11 is 0. The van der Waals surface area contributed by atoms with Crippen LogP contribution in [0.25, 0.3) is 0 Å². The van der Waals surface area contributed by atoms with Gasteiger partial charge in [-0.05, 0) is 56.5 Å². The van der Waals surface area contributed by atoms with Gasteiger partial charge in [0.25, 0.3) is 5.91 Å². The first-order valence-electron chi connectivity index (χ1n) is 10.2. The van der Waals surface area contributed by atoms with Crippen LogP contribution in [-0.2, 0) is 17.8 Å². The molecular formula is C24H28N2O4. The number of ether oxygens (including phenoxy) is 2. The number of hydrogen-bond donors (Lipinski definition) is 1. The number of nitrogens with zero attached hydrogens (tertiary/aromatic N) is 1. The summed E-state index contributed by atoms with van der Waals surface area (Å²) in [6.07, 6.45) is 1.68. The smallest absolute Gasteiger partial charge is 0.251 e. The van der Waals surface area contributed by atoms with Crippen molar-refractivity contribution in [3.63, 3.8) is 0 Å². The van der Waals surface area contributed by atoms with Crippen LogP contribution in [0.15, 0.2) is 59.1 Å². The van der Waals surface area contributed by atoms with Crippen molar-refractivity contribution in [1.82, 2.24) is 10.5 Å². The van der Waals surface area contributed by atoms with Crippen LogP contribution in [0.5, 0.6) is 5.75 Å². The summed E-state index contributed by atoms with van der Waals surface area (Å²) in [6, 6.07) is 17.4. The van der Waals surface area contributed by atoms with Gasteiger partial charge in [-0.2, -0.15) is 0 Å². The van der Waals surface area contributed by atoms with Gasteiger partial charge in [-0.15, -0.1) is 0 Å². The third-order valence-corrected chi connectivity index (χ3v) is 4.81. The quantitative estimate of drug-likeness (QED) is 0.480. The molecule has 1 amide bonds. The Labute approximate surface area is 177 Å². The Balaban J connectivity index is 1.31. The third-order valence-electron chi connectivity index (χ3n) is 4.81. The fourth-order valence-electron chi connectivity index (χ4n) is 2.98. The van der Waals surface area contributed by atoms with Crippen LogP contribution in [0.3, 0.4) is 0 Å². The number of amides is 1. The molecule has 0 saturated carbocycles. The lowest BCUT2D eigenvalue weighted by Gasteiger charge is -2.08. The van der Waals surface area contributed by atoms with Crippen LogP contribution in [-0.4, -0.2) is 30.8 Å². The average molecular weight is 408 g/mol. The zero-order valence-electron chi connectivity index (χ0n) is 17.5. The molecule has 0 atom stereocenters. The van der Waals surface area contributed by atoms with Crippen molar-refractivity contribution < 1.29 is 18.8 Å². The molecule has 30 heavy (non-hydrogen) atoms. The second kappa shape index (κ2) is 11.2. The molecule has 0 saturated heterocycles. The average Bonchev–Trinajstić information content (AvgIpc) is 3.09. The highest BCUT2D eigenvalue weighted by atomic mass is 16.5. The number of nitrogens with one attached hydrogen (secondary N) is 1. The molecule has 0 radical (unpaired) electrons. The Morgan fingerprint density at radius 1 is 1.03 bits per heavy atom. The third kappa shape index (κ3) is 6.46. The van der Waals surface area contributed by atoms with Gasteiger partial charge in [0.2, 0.25) is 0 Å². The van der Waals surface area contributed by atoms with E-state index in [2.05, 4.69) is 22.6 Å². The number of aryl methyl sites for hydroxylation is 2. The zero-order valence-corrected chi connectivity index (χ0v) is 17.5. The van der Waals surface area contributed by atoms with Gasteiger partial charge < -0.3 is 19.3 Å². The van der Waals surface area contributed by atoms with Crippen LogP contribution >= 0.6 is 0 Å². The van der Waals surface area contributed by atoms with E-state index in [-0.39, 0.29) is 5.91 Å². The molecule has 0 aliphatic carbocycles. The zero-order chi connectivity index (χ0) is 21.2. The van der Waals surface area contributed by atoms with Crippen molar-refractivity contribution in [2.24, 2.45) is 0 Å². The highest BCUT2D eigenvalue weighted by Crippen LogP contribution is 2.18. The minimum Gasteiger partial charge on any atom is -0.489 e. The maximum Gasteiger partial charge on any atom is 0.251 e. The molecule has 0 spiro atoms. The molecule has 3 aromatic rings. The maximum absolute atomic E-state index is 12.3. The minimum absolute atomic E-state index is 0.100. The lowest BCUT2D eigenvalue weighted by Crippen LogP contribution is -2.25. The van der Waals surface area contributed by atoms with E-state index < -0.39 is 0 Å². The summed E-state index contributed by atoms with van der Waals surface area (Å²) in [6.45, 7) is 6.03. The van der Waals surface area contributed by atoms with Gasteiger partial charge in [0, 0.05) is 18.7 Å². The summed E-state index contributed by atoms with van der Waals surface area (Å²) in [4.78, 5) is 12.3. The highest BCUT2D eigenvalue weighted by molar-refractivity contribution is 5.94. The predicted molar refractivity (Wildman–Crippen MR) is 115 cm³/mol. The fourth-order valence-corrected chi connectivity index (χ4v) is 2.98. The molecule has 0 fully saturated rings. The van der Waals surface area contributed by atoms with Crippen LogP contribution in [0, 0.1) is 13.8 Å². The summed E-state index contributed by atoms with van der Waals surface area (Å²) < 4.78 is 16.5. The predicted octanol–water partition coefficient (Wildman–Crippen LogP) is 4.25. The van der Waals surface area contributed by atoms with Gasteiger partial charge in [-0.25, -0.2) is 0 Å². The molecule has 0 unspecified atom stereocenters. The Hall–Kier alpha value is -3.12. The largest absolute Gasteiger partial charge is 0.489 e. The van der Waals surface area contributed by atoms with E-state index in [9.17, 15) is 4.79 Å². The lowest BCUT2D eigenvalue weighted by molar-refractivity contribution is 0.0942. The van der Waals surface area contributed by atoms with Crippen molar-refractivity contribution in [3.05, 3.63) is 82.7 Å². The highest BCUT2D eigenvalue weighted by Gasteiger charge is 2.10. The van der Waals surface area contributed by atoms with Gasteiger partial charge >= 0.3 is 0 Å². The van der Waals surface area contributed by atoms with Crippen molar-refractivity contribution in [3.8, 4) is 5.75 Å². The number of hydrogen-bond acceptors (Lipinski definition) is 5. The van der Waals surface area contributed by atoms with Crippen molar-refractivity contribution in [1.29, 1.82) is 0 Å². The summed E-state index contributed by atoms with van der Waals surface area (Å²) in [7, 11) is 0. The van der Waals surface area contributed by atoms with E-state index in [1.807, 2.05) is 32.0 Å². The van der Waals surface area contributed by atoms with E-state index in [0.29, 0.717) is 37.7 Å². The van der Waals surface area contributed by atoms with Gasteiger partial charge in [-0.1, -0.05) is 35.5 Å². The normalized spacial score (nSPS) is 10.7. The molecule has 1 heterocycles. The van der Waals surface area contributed by atoms with E-state index >= 15 is 0 Å². The molecule has 1 aromatic heterocycles. The SMILES string of the molecule is Cc1noc(C)c1COc1ccc(C(=O)NCCCOCCc2ccccc2)cc1. The molecule has 2 aromatic carbocycles. The molecule has 3 rings (SSSR count). The van der Waals surface area contributed by atoms with Crippen LogP contribution in [0.4, 0.5) is 0 Å². The fraction of sp³-hybridized carbons (Fsp3) is 0.333. The molecule has 0 aliphatic heterocycles. The molecule has 0 bridgehead atoms. The Bertz CT molecular complexity index is 901. The van der Waals surface area contributed by atoms with Crippen molar-refractivity contribution in [2.45, 2.75) is 33.3 Å². The maximum atomic E-state index is 12.3. The first-order chi connectivity index (χ1) is 14.6. The Morgan fingerprint density at radius 2 is 1.80 bits per heavy atom. The second-order valence-electron chi connectivity index (χ2n) is 7.07. The minimum atomic E-state index is -0.100. The van der Waals surface area contributed by atoms with Gasteiger partial charge in [0.05, 0.1) is 17.9 Å². The number of benzene rings is 2. The second-order valence-corrected chi connectivity index (χ2v) is 7.07. The van der Waals surface area contributed by atoms with Crippen LogP contribution in [0.2, 0.25) is 0 Å². The Morgan fingerprint density at radius 3 is 2.50 bits per heavy atom. The molecule has 158 valence electrons. The summed E-state index contributed by atoms with van der Waals surface area (Å²) in [5.41, 5.74) is 3.64. The molecular weight excluding hydrogens is 380 g/mol. The van der Waals surface area contributed by atoms with Crippen LogP contribution in [0.1, 0.15) is 39.4 Å². The molecule has 0 aliphatic rings. The number of carbonyl (C=O) groups excluding carboxylic acids is 1. The summed E-state index contributed by atoms with van der Waals surface area (Å²) in [5, 5.41) is 6.83. The molecule has 6 nitrogen and oxygen atoms in total. The molecule has 1 N–H and O–H groups in total. The monoisotopic (exact) mass is 408 g/mol. The number of rotatable bonds is 11. The van der Waals surface area contributed by atoms with E-state index in [1.165, 1.54) is 5.56 Å². The van der Waals surface area contributed by atoms with Crippen LogP contribution < -0.4 is 10.1 Å². The van der Waals surface area contributed by atoms with Gasteiger partial charge in [0.1, 0.15) is 18.1 Å². The first-order valence-corrected chi connectivity index (χ1v) is 10.2. The summed E-state index contributed by atoms with van der Waals surface area (Å²) in [5.74, 6) is 1.35. The van der Waals surface area contributed by atoms with Crippen molar-refractivity contribution >= 4 is 5.91 Å². The Kier molecular flexibility index (Phi) is 8.03. The van der Waals surface area contributed by atoms with Gasteiger partial charge in [0.15, 0.2) is 0 Å². The lowest BCUT2D eigenvalue weighted by atomic mass is 10.2. The first kappa shape index (κ1) is 21.6. The number of aromatic nitrogens is 1. The van der Waals surface area contributed by atoms with Crippen molar-refractivity contribution in [2.75, 3.05) is 19.8 Å². The number of carbonyl (C=O) groups is 1. The van der Waals surface area contributed by atoms with E-state index in [1.54, 1.807) is 24.3 Å². The standard InChI is InChI=1S/C24H28N2O4/c1-18-23(19(2)30-26-18)17-29-22-11-9-21(10-12-22)24(27)25-14-6-15-28-16-13-20-7-4-3-5-8-20/h3-5,7-12H,6,13-17H2,1-2H3,(H,25,27).